The molecule has 7 heteroatoms. The maximum absolute atomic E-state index is 12.6. The Hall–Kier alpha value is -1.79. The Labute approximate surface area is 176 Å². The Morgan fingerprint density at radius 1 is 1.18 bits per heavy atom. The summed E-state index contributed by atoms with van der Waals surface area (Å²) in [5, 5.41) is 4.03. The number of hydrogen-bond acceptors (Lipinski definition) is 4. The minimum Gasteiger partial charge on any atom is -0.378 e. The van der Waals surface area contributed by atoms with E-state index in [1.165, 1.54) is 0 Å². The molecule has 0 bridgehead atoms. The summed E-state index contributed by atoms with van der Waals surface area (Å²) in [6.07, 6.45) is 0. The van der Waals surface area contributed by atoms with Gasteiger partial charge in [0, 0.05) is 31.0 Å². The van der Waals surface area contributed by atoms with Gasteiger partial charge in [0.1, 0.15) is 0 Å². The van der Waals surface area contributed by atoms with Gasteiger partial charge in [-0.2, -0.15) is 0 Å². The molecule has 1 amide bonds. The lowest BCUT2D eigenvalue weighted by atomic mass is 10.1. The molecule has 3 rings (SSSR count). The third-order valence-corrected chi connectivity index (χ3v) is 5.86. The van der Waals surface area contributed by atoms with Crippen LogP contribution in [0.1, 0.15) is 12.5 Å². The van der Waals surface area contributed by atoms with E-state index in [9.17, 15) is 4.79 Å². The highest BCUT2D eigenvalue weighted by atomic mass is 35.5. The lowest BCUT2D eigenvalue weighted by Crippen LogP contribution is -2.39. The van der Waals surface area contributed by atoms with Gasteiger partial charge >= 0.3 is 0 Å². The van der Waals surface area contributed by atoms with E-state index in [4.69, 9.17) is 27.9 Å². The molecule has 2 aromatic rings. The van der Waals surface area contributed by atoms with Gasteiger partial charge in [0.05, 0.1) is 29.3 Å². The fraction of sp³-hybridized carbons (Fsp3) is 0.381. The van der Waals surface area contributed by atoms with E-state index in [1.54, 1.807) is 6.07 Å². The fourth-order valence-electron chi connectivity index (χ4n) is 3.10. The van der Waals surface area contributed by atoms with Gasteiger partial charge in [0.25, 0.3) is 0 Å². The van der Waals surface area contributed by atoms with Crippen LogP contribution in [-0.4, -0.2) is 50.2 Å². The fourth-order valence-corrected chi connectivity index (χ4v) is 3.48. The van der Waals surface area contributed by atoms with Crippen LogP contribution < -0.4 is 10.2 Å². The molecule has 2 aromatic carbocycles. The van der Waals surface area contributed by atoms with Crippen molar-refractivity contribution < 1.29 is 9.53 Å². The second-order valence-corrected chi connectivity index (χ2v) is 7.72. The highest BCUT2D eigenvalue weighted by Crippen LogP contribution is 2.27. The van der Waals surface area contributed by atoms with Crippen LogP contribution in [0.4, 0.5) is 11.4 Å². The number of anilines is 2. The Balaban J connectivity index is 1.58. The molecule has 0 aromatic heterocycles. The number of rotatable bonds is 6. The first-order valence-corrected chi connectivity index (χ1v) is 10.1. The molecule has 0 saturated carbocycles. The quantitative estimate of drug-likeness (QED) is 0.755. The summed E-state index contributed by atoms with van der Waals surface area (Å²) in [6.45, 7) is 5.68. The van der Waals surface area contributed by atoms with Crippen LogP contribution in [-0.2, 0) is 16.1 Å². The number of morpholine rings is 1. The van der Waals surface area contributed by atoms with Crippen LogP contribution in [0.15, 0.2) is 42.5 Å². The standard InChI is InChI=1S/C21H25Cl2N3O2/c1-15(25(2)14-16-4-3-5-19(22)20(16)23)21(27)24-17-6-8-18(9-7-17)26-10-12-28-13-11-26/h3-9,15H,10-14H2,1-2H3,(H,24,27)/t15-/m1/s1. The van der Waals surface area contributed by atoms with E-state index in [-0.39, 0.29) is 11.9 Å². The van der Waals surface area contributed by atoms with Gasteiger partial charge in [0.2, 0.25) is 5.91 Å². The Morgan fingerprint density at radius 3 is 2.54 bits per heavy atom. The molecule has 5 nitrogen and oxygen atoms in total. The first-order chi connectivity index (χ1) is 13.5. The highest BCUT2D eigenvalue weighted by Gasteiger charge is 2.20. The third kappa shape index (κ3) is 5.17. The maximum atomic E-state index is 12.6. The van der Waals surface area contributed by atoms with Gasteiger partial charge in [-0.05, 0) is 49.9 Å². The molecule has 1 saturated heterocycles. The number of hydrogen-bond donors (Lipinski definition) is 1. The smallest absolute Gasteiger partial charge is 0.241 e. The highest BCUT2D eigenvalue weighted by molar-refractivity contribution is 6.42. The second kappa shape index (κ2) is 9.61. The zero-order valence-corrected chi connectivity index (χ0v) is 17.6. The van der Waals surface area contributed by atoms with Crippen LogP contribution >= 0.6 is 23.2 Å². The van der Waals surface area contributed by atoms with Crippen molar-refractivity contribution in [2.75, 3.05) is 43.6 Å². The van der Waals surface area contributed by atoms with E-state index in [0.717, 1.165) is 43.2 Å². The molecular weight excluding hydrogens is 397 g/mol. The molecule has 1 N–H and O–H groups in total. The normalized spacial score (nSPS) is 15.5. The third-order valence-electron chi connectivity index (χ3n) is 5.00. The second-order valence-electron chi connectivity index (χ2n) is 6.94. The van der Waals surface area contributed by atoms with Gasteiger partial charge < -0.3 is 15.0 Å². The Morgan fingerprint density at radius 2 is 1.86 bits per heavy atom. The lowest BCUT2D eigenvalue weighted by molar-refractivity contribution is -0.120. The summed E-state index contributed by atoms with van der Waals surface area (Å²) in [5.41, 5.74) is 2.82. The number of carbonyl (C=O) groups excluding carboxylic acids is 1. The number of halogens is 2. The first-order valence-electron chi connectivity index (χ1n) is 9.32. The number of nitrogens with one attached hydrogen (secondary N) is 1. The Kier molecular flexibility index (Phi) is 7.18. The molecule has 0 unspecified atom stereocenters. The number of ether oxygens (including phenoxy) is 1. The topological polar surface area (TPSA) is 44.8 Å². The zero-order valence-electron chi connectivity index (χ0n) is 16.1. The molecule has 150 valence electrons. The average molecular weight is 422 g/mol. The van der Waals surface area contributed by atoms with E-state index >= 15 is 0 Å². The van der Waals surface area contributed by atoms with Crippen LogP contribution in [0.2, 0.25) is 10.0 Å². The van der Waals surface area contributed by atoms with Crippen LogP contribution in [0, 0.1) is 0 Å². The van der Waals surface area contributed by atoms with Gasteiger partial charge in [-0.1, -0.05) is 35.3 Å². The van der Waals surface area contributed by atoms with Crippen molar-refractivity contribution >= 4 is 40.5 Å². The van der Waals surface area contributed by atoms with Crippen molar-refractivity contribution in [2.45, 2.75) is 19.5 Å². The van der Waals surface area contributed by atoms with Gasteiger partial charge in [0.15, 0.2) is 0 Å². The van der Waals surface area contributed by atoms with Crippen molar-refractivity contribution in [3.63, 3.8) is 0 Å². The van der Waals surface area contributed by atoms with Crippen LogP contribution in [0.5, 0.6) is 0 Å². The van der Waals surface area contributed by atoms with Crippen molar-refractivity contribution in [2.24, 2.45) is 0 Å². The molecule has 0 aliphatic carbocycles. The summed E-state index contributed by atoms with van der Waals surface area (Å²) >= 11 is 12.3. The van der Waals surface area contributed by atoms with Gasteiger partial charge in [-0.3, -0.25) is 9.69 Å². The van der Waals surface area contributed by atoms with Crippen molar-refractivity contribution in [1.29, 1.82) is 0 Å². The minimum absolute atomic E-state index is 0.0697. The minimum atomic E-state index is -0.325. The summed E-state index contributed by atoms with van der Waals surface area (Å²) in [4.78, 5) is 16.9. The number of likely N-dealkylation sites (N-methyl/N-ethyl adjacent to an activating group) is 1. The Bertz CT molecular complexity index is 808. The predicted molar refractivity (Wildman–Crippen MR) is 115 cm³/mol. The van der Waals surface area contributed by atoms with Crippen molar-refractivity contribution in [3.8, 4) is 0 Å². The number of amides is 1. The molecule has 28 heavy (non-hydrogen) atoms. The molecule has 1 fully saturated rings. The average Bonchev–Trinajstić information content (AvgIpc) is 2.72. The monoisotopic (exact) mass is 421 g/mol. The molecule has 1 aliphatic heterocycles. The van der Waals surface area contributed by atoms with E-state index < -0.39 is 0 Å². The summed E-state index contributed by atoms with van der Waals surface area (Å²) in [6, 6.07) is 13.1. The molecule has 1 aliphatic rings. The molecule has 1 heterocycles. The SMILES string of the molecule is C[C@H](C(=O)Nc1ccc(N2CCOCC2)cc1)N(C)Cc1cccc(Cl)c1Cl. The van der Waals surface area contributed by atoms with E-state index in [1.807, 2.05) is 55.3 Å². The first kappa shape index (κ1) is 20.9. The van der Waals surface area contributed by atoms with Crippen LogP contribution in [0.3, 0.4) is 0 Å². The largest absolute Gasteiger partial charge is 0.378 e. The van der Waals surface area contributed by atoms with Gasteiger partial charge in [-0.25, -0.2) is 0 Å². The van der Waals surface area contributed by atoms with Crippen molar-refractivity contribution in [3.05, 3.63) is 58.1 Å². The molecule has 0 radical (unpaired) electrons. The maximum Gasteiger partial charge on any atom is 0.241 e. The summed E-state index contributed by atoms with van der Waals surface area (Å²) in [7, 11) is 1.89. The van der Waals surface area contributed by atoms with Crippen molar-refractivity contribution in [1.82, 2.24) is 4.90 Å². The molecular formula is C21H25Cl2N3O2. The van der Waals surface area contributed by atoms with Crippen LogP contribution in [0.25, 0.3) is 0 Å². The number of nitrogens with zero attached hydrogens (tertiary/aromatic N) is 2. The summed E-state index contributed by atoms with van der Waals surface area (Å²) < 4.78 is 5.38. The molecule has 0 spiro atoms. The number of carbonyl (C=O) groups is 1. The molecule has 1 atom stereocenters. The van der Waals surface area contributed by atoms with E-state index in [0.29, 0.717) is 16.6 Å². The number of benzene rings is 2. The zero-order chi connectivity index (χ0) is 20.1. The predicted octanol–water partition coefficient (Wildman–Crippen LogP) is 4.29. The lowest BCUT2D eigenvalue weighted by Gasteiger charge is -2.29. The van der Waals surface area contributed by atoms with Gasteiger partial charge in [-0.15, -0.1) is 0 Å². The summed E-state index contributed by atoms with van der Waals surface area (Å²) in [5.74, 6) is -0.0697. The van der Waals surface area contributed by atoms with E-state index in [2.05, 4.69) is 10.2 Å².